The third-order valence-electron chi connectivity index (χ3n) is 3.86. The van der Waals surface area contributed by atoms with Crippen molar-refractivity contribution in [3.63, 3.8) is 0 Å². The van der Waals surface area contributed by atoms with Gasteiger partial charge in [0.2, 0.25) is 11.2 Å². The Morgan fingerprint density at radius 2 is 1.68 bits per heavy atom. The van der Waals surface area contributed by atoms with E-state index in [4.69, 9.17) is 4.42 Å². The third kappa shape index (κ3) is 1.91. The van der Waals surface area contributed by atoms with Crippen molar-refractivity contribution in [1.29, 1.82) is 0 Å². The van der Waals surface area contributed by atoms with Crippen LogP contribution in [0, 0.1) is 6.92 Å². The Kier molecular flexibility index (Phi) is 2.79. The number of pyridine rings is 2. The van der Waals surface area contributed by atoms with Crippen LogP contribution in [0.4, 0.5) is 0 Å². The first-order valence-corrected chi connectivity index (χ1v) is 7.17. The van der Waals surface area contributed by atoms with Crippen LogP contribution >= 0.6 is 0 Å². The number of hydrogen-bond acceptors (Lipinski definition) is 2. The lowest BCUT2D eigenvalue weighted by atomic mass is 10.1. The molecule has 3 aromatic heterocycles. The van der Waals surface area contributed by atoms with E-state index in [1.807, 2.05) is 66.9 Å². The van der Waals surface area contributed by atoms with Gasteiger partial charge in [0.15, 0.2) is 6.20 Å². The summed E-state index contributed by atoms with van der Waals surface area (Å²) in [6, 6.07) is 19.9. The number of benzene rings is 1. The van der Waals surface area contributed by atoms with Gasteiger partial charge in [-0.1, -0.05) is 18.2 Å². The van der Waals surface area contributed by atoms with Crippen molar-refractivity contribution in [3.8, 4) is 11.3 Å². The van der Waals surface area contributed by atoms with Gasteiger partial charge in [-0.25, -0.2) is 4.79 Å². The fraction of sp³-hybridized carbons (Fsp3) is 0.0526. The van der Waals surface area contributed by atoms with E-state index < -0.39 is 0 Å². The monoisotopic (exact) mass is 288 g/mol. The van der Waals surface area contributed by atoms with Gasteiger partial charge < -0.3 is 4.42 Å². The fourth-order valence-corrected chi connectivity index (χ4v) is 2.88. The van der Waals surface area contributed by atoms with Crippen LogP contribution in [0.3, 0.4) is 0 Å². The summed E-state index contributed by atoms with van der Waals surface area (Å²) in [5.41, 5.74) is 2.74. The van der Waals surface area contributed by atoms with Crippen LogP contribution in [0.2, 0.25) is 0 Å². The summed E-state index contributed by atoms with van der Waals surface area (Å²) in [6.45, 7) is 1.80. The Bertz CT molecular complexity index is 1050. The highest BCUT2D eigenvalue weighted by Crippen LogP contribution is 2.22. The normalized spacial score (nSPS) is 11.1. The summed E-state index contributed by atoms with van der Waals surface area (Å²) >= 11 is 0. The highest BCUT2D eigenvalue weighted by atomic mass is 16.4. The predicted octanol–water partition coefficient (Wildman–Crippen LogP) is 3.51. The molecule has 3 heteroatoms. The molecule has 0 radical (unpaired) electrons. The van der Waals surface area contributed by atoms with E-state index in [1.54, 1.807) is 6.92 Å². The molecule has 0 atom stereocenters. The molecule has 0 aliphatic carbocycles. The van der Waals surface area contributed by atoms with Gasteiger partial charge in [0.05, 0.1) is 10.8 Å². The molecule has 0 aliphatic heterocycles. The molecule has 22 heavy (non-hydrogen) atoms. The van der Waals surface area contributed by atoms with E-state index in [1.165, 1.54) is 0 Å². The number of aromatic nitrogens is 1. The molecule has 0 fully saturated rings. The predicted molar refractivity (Wildman–Crippen MR) is 85.8 cm³/mol. The Morgan fingerprint density at radius 1 is 0.909 bits per heavy atom. The Hall–Kier alpha value is -2.94. The van der Waals surface area contributed by atoms with Crippen molar-refractivity contribution in [2.75, 3.05) is 0 Å². The first kappa shape index (κ1) is 12.8. The van der Waals surface area contributed by atoms with Gasteiger partial charge in [-0.3, -0.25) is 0 Å². The third-order valence-corrected chi connectivity index (χ3v) is 3.86. The Morgan fingerprint density at radius 3 is 2.50 bits per heavy atom. The molecule has 0 bridgehead atoms. The van der Waals surface area contributed by atoms with Gasteiger partial charge in [0.25, 0.3) is 0 Å². The molecule has 3 heterocycles. The molecule has 0 unspecified atom stereocenters. The zero-order chi connectivity index (χ0) is 15.1. The van der Waals surface area contributed by atoms with Gasteiger partial charge in [0.1, 0.15) is 5.76 Å². The maximum atomic E-state index is 12.3. The molecule has 106 valence electrons. The first-order chi connectivity index (χ1) is 10.7. The highest BCUT2D eigenvalue weighted by Gasteiger charge is 2.18. The number of fused-ring (bicyclic) bond motifs is 3. The van der Waals surface area contributed by atoms with Gasteiger partial charge in [-0.05, 0) is 31.2 Å². The molecule has 0 spiro atoms. The minimum atomic E-state index is -0.293. The van der Waals surface area contributed by atoms with Crippen molar-refractivity contribution >= 4 is 16.3 Å². The molecule has 0 saturated heterocycles. The molecule has 0 N–H and O–H groups in total. The van der Waals surface area contributed by atoms with Crippen LogP contribution in [0.1, 0.15) is 5.76 Å². The summed E-state index contributed by atoms with van der Waals surface area (Å²) in [6.07, 6.45) is 2.01. The Labute approximate surface area is 127 Å². The molecule has 3 nitrogen and oxygen atoms in total. The van der Waals surface area contributed by atoms with Crippen LogP contribution in [-0.2, 0) is 0 Å². The summed E-state index contributed by atoms with van der Waals surface area (Å²) in [7, 11) is 0. The average Bonchev–Trinajstić information content (AvgIpc) is 2.55. The van der Waals surface area contributed by atoms with Crippen LogP contribution in [0.5, 0.6) is 0 Å². The second-order valence-electron chi connectivity index (χ2n) is 5.32. The van der Waals surface area contributed by atoms with Crippen LogP contribution in [-0.4, -0.2) is 0 Å². The summed E-state index contributed by atoms with van der Waals surface area (Å²) < 4.78 is 7.37. The van der Waals surface area contributed by atoms with Crippen molar-refractivity contribution in [2.24, 2.45) is 0 Å². The lowest BCUT2D eigenvalue weighted by molar-refractivity contribution is -0.498. The summed E-state index contributed by atoms with van der Waals surface area (Å²) in [5, 5.41) is 1.52. The number of hydrogen-bond donors (Lipinski definition) is 0. The molecule has 0 aliphatic rings. The van der Waals surface area contributed by atoms with E-state index in [2.05, 4.69) is 4.40 Å². The average molecular weight is 288 g/mol. The van der Waals surface area contributed by atoms with Crippen molar-refractivity contribution in [3.05, 3.63) is 83.0 Å². The second kappa shape index (κ2) is 4.81. The van der Waals surface area contributed by atoms with Gasteiger partial charge in [-0.15, -0.1) is 0 Å². The molecular weight excluding hydrogens is 274 g/mol. The zero-order valence-corrected chi connectivity index (χ0v) is 12.1. The number of rotatable bonds is 1. The van der Waals surface area contributed by atoms with Crippen molar-refractivity contribution in [2.45, 2.75) is 6.92 Å². The van der Waals surface area contributed by atoms with E-state index >= 15 is 0 Å². The standard InChI is InChI=1S/C19H14NO2/c1-13-11-15-16(19(21)22-13)12-18(14-7-3-2-4-8-14)20-10-6-5-9-17(15)20/h2-12H,1H3/q+1. The quantitative estimate of drug-likeness (QED) is 0.397. The van der Waals surface area contributed by atoms with Crippen molar-refractivity contribution in [1.82, 2.24) is 0 Å². The number of aryl methyl sites for hydroxylation is 1. The molecule has 1 aromatic carbocycles. The van der Waals surface area contributed by atoms with Gasteiger partial charge in [-0.2, -0.15) is 4.40 Å². The number of nitrogens with zero attached hydrogens (tertiary/aromatic N) is 1. The van der Waals surface area contributed by atoms with E-state index in [0.29, 0.717) is 11.1 Å². The smallest absolute Gasteiger partial charge is 0.344 e. The first-order valence-electron chi connectivity index (χ1n) is 7.17. The Balaban J connectivity index is 2.24. The van der Waals surface area contributed by atoms with E-state index in [0.717, 1.165) is 22.2 Å². The van der Waals surface area contributed by atoms with Gasteiger partial charge in [0, 0.05) is 23.8 Å². The highest BCUT2D eigenvalue weighted by molar-refractivity contribution is 5.94. The zero-order valence-electron chi connectivity index (χ0n) is 12.1. The molecule has 0 saturated carbocycles. The summed E-state index contributed by atoms with van der Waals surface area (Å²) in [4.78, 5) is 12.3. The SMILES string of the molecule is Cc1cc2c(cc(-c3ccccc3)[n+]3ccccc23)c(=O)o1. The van der Waals surface area contributed by atoms with Crippen molar-refractivity contribution < 1.29 is 8.82 Å². The minimum absolute atomic E-state index is 0.293. The van der Waals surface area contributed by atoms with Crippen LogP contribution in [0.25, 0.3) is 27.5 Å². The summed E-state index contributed by atoms with van der Waals surface area (Å²) in [5.74, 6) is 0.621. The second-order valence-corrected chi connectivity index (χ2v) is 5.32. The molecular formula is C19H14NO2+. The van der Waals surface area contributed by atoms with Crippen LogP contribution < -0.4 is 10.0 Å². The van der Waals surface area contributed by atoms with Gasteiger partial charge >= 0.3 is 5.63 Å². The topological polar surface area (TPSA) is 34.3 Å². The lowest BCUT2D eigenvalue weighted by Gasteiger charge is -2.04. The van der Waals surface area contributed by atoms with E-state index in [9.17, 15) is 4.79 Å². The van der Waals surface area contributed by atoms with E-state index in [-0.39, 0.29) is 5.63 Å². The minimum Gasteiger partial charge on any atom is -0.428 e. The maximum Gasteiger partial charge on any atom is 0.344 e. The lowest BCUT2D eigenvalue weighted by Crippen LogP contribution is -2.25. The largest absolute Gasteiger partial charge is 0.428 e. The molecule has 4 rings (SSSR count). The maximum absolute atomic E-state index is 12.3. The molecule has 4 aromatic rings. The fourth-order valence-electron chi connectivity index (χ4n) is 2.88. The van der Waals surface area contributed by atoms with Crippen LogP contribution in [0.15, 0.2) is 76.1 Å². The molecule has 0 amide bonds.